The largest absolute Gasteiger partial charge is 0.378 e. The number of piperidine rings is 1. The lowest BCUT2D eigenvalue weighted by Gasteiger charge is -2.32. The Bertz CT molecular complexity index is 539. The number of benzene rings is 1. The summed E-state index contributed by atoms with van der Waals surface area (Å²) in [6.07, 6.45) is 6.31. The number of carbonyl (C=O) groups is 1. The van der Waals surface area contributed by atoms with Crippen LogP contribution >= 0.6 is 15.9 Å². The standard InChI is InChI=1S/C20H29BrN2O2/c1-3-12-22(2)13-4-5-16-25-19-10-14-23(15-11-19)20(24)17-6-8-18(21)9-7-17/h3,6-9,19H,1,4-5,10-16H2,2H3. The number of amides is 1. The van der Waals surface area contributed by atoms with Gasteiger partial charge >= 0.3 is 0 Å². The fourth-order valence-electron chi connectivity index (χ4n) is 3.05. The van der Waals surface area contributed by atoms with Crippen molar-refractivity contribution in [2.45, 2.75) is 31.8 Å². The highest BCUT2D eigenvalue weighted by Crippen LogP contribution is 2.18. The van der Waals surface area contributed by atoms with E-state index in [2.05, 4.69) is 34.5 Å². The monoisotopic (exact) mass is 408 g/mol. The molecule has 5 heteroatoms. The van der Waals surface area contributed by atoms with Gasteiger partial charge in [-0.2, -0.15) is 0 Å². The van der Waals surface area contributed by atoms with Crippen molar-refractivity contribution >= 4 is 21.8 Å². The first-order valence-electron chi connectivity index (χ1n) is 9.06. The molecule has 25 heavy (non-hydrogen) atoms. The Morgan fingerprint density at radius 1 is 1.32 bits per heavy atom. The van der Waals surface area contributed by atoms with E-state index in [-0.39, 0.29) is 5.91 Å². The molecule has 1 aromatic carbocycles. The molecule has 0 aromatic heterocycles. The molecule has 0 saturated carbocycles. The van der Waals surface area contributed by atoms with Crippen molar-refractivity contribution in [2.24, 2.45) is 0 Å². The quantitative estimate of drug-likeness (QED) is 0.457. The van der Waals surface area contributed by atoms with Crippen molar-refractivity contribution in [3.8, 4) is 0 Å². The maximum Gasteiger partial charge on any atom is 0.253 e. The number of carbonyl (C=O) groups excluding carboxylic acids is 1. The fourth-order valence-corrected chi connectivity index (χ4v) is 3.31. The smallest absolute Gasteiger partial charge is 0.253 e. The summed E-state index contributed by atoms with van der Waals surface area (Å²) in [4.78, 5) is 16.7. The molecule has 0 unspecified atom stereocenters. The summed E-state index contributed by atoms with van der Waals surface area (Å²) in [5.74, 6) is 0.121. The summed E-state index contributed by atoms with van der Waals surface area (Å²) < 4.78 is 6.98. The van der Waals surface area contributed by atoms with Gasteiger partial charge in [0.2, 0.25) is 0 Å². The molecule has 1 saturated heterocycles. The molecule has 1 aliphatic heterocycles. The van der Waals surface area contributed by atoms with Crippen LogP contribution in [0.5, 0.6) is 0 Å². The second-order valence-electron chi connectivity index (χ2n) is 6.63. The molecule has 0 N–H and O–H groups in total. The number of rotatable bonds is 9. The van der Waals surface area contributed by atoms with E-state index in [9.17, 15) is 4.79 Å². The van der Waals surface area contributed by atoms with Crippen molar-refractivity contribution < 1.29 is 9.53 Å². The maximum absolute atomic E-state index is 12.5. The molecule has 1 aromatic rings. The average Bonchev–Trinajstić information content (AvgIpc) is 2.62. The van der Waals surface area contributed by atoms with Crippen LogP contribution in [0.25, 0.3) is 0 Å². The first-order chi connectivity index (χ1) is 12.1. The van der Waals surface area contributed by atoms with Gasteiger partial charge in [-0.25, -0.2) is 0 Å². The lowest BCUT2D eigenvalue weighted by Crippen LogP contribution is -2.41. The number of likely N-dealkylation sites (tertiary alicyclic amines) is 1. The SMILES string of the molecule is C=CCN(C)CCCCOC1CCN(C(=O)c2ccc(Br)cc2)CC1. The van der Waals surface area contributed by atoms with Crippen LogP contribution in [0.2, 0.25) is 0 Å². The minimum absolute atomic E-state index is 0.121. The van der Waals surface area contributed by atoms with Crippen LogP contribution in [0.15, 0.2) is 41.4 Å². The molecule has 0 radical (unpaired) electrons. The van der Waals surface area contributed by atoms with Gasteiger partial charge in [-0.15, -0.1) is 6.58 Å². The number of ether oxygens (including phenoxy) is 1. The first-order valence-corrected chi connectivity index (χ1v) is 9.85. The third kappa shape index (κ3) is 6.92. The molecule has 0 aliphatic carbocycles. The van der Waals surface area contributed by atoms with E-state index in [1.54, 1.807) is 0 Å². The Balaban J connectivity index is 1.62. The van der Waals surface area contributed by atoms with Crippen molar-refractivity contribution in [1.82, 2.24) is 9.80 Å². The van der Waals surface area contributed by atoms with Crippen molar-refractivity contribution in [1.29, 1.82) is 0 Å². The van der Waals surface area contributed by atoms with Gasteiger partial charge in [0.25, 0.3) is 5.91 Å². The van der Waals surface area contributed by atoms with E-state index in [1.165, 1.54) is 0 Å². The molecule has 1 fully saturated rings. The molecule has 4 nitrogen and oxygen atoms in total. The highest BCUT2D eigenvalue weighted by atomic mass is 79.9. The second kappa shape index (κ2) is 10.7. The molecule has 1 aliphatic rings. The molecule has 1 heterocycles. The number of halogens is 1. The molecule has 0 bridgehead atoms. The molecule has 0 atom stereocenters. The number of nitrogens with zero attached hydrogens (tertiary/aromatic N) is 2. The summed E-state index contributed by atoms with van der Waals surface area (Å²) in [7, 11) is 2.11. The third-order valence-electron chi connectivity index (χ3n) is 4.55. The van der Waals surface area contributed by atoms with Gasteiger partial charge in [0.05, 0.1) is 6.10 Å². The summed E-state index contributed by atoms with van der Waals surface area (Å²) in [6.45, 7) is 8.14. The zero-order valence-corrected chi connectivity index (χ0v) is 16.7. The normalized spacial score (nSPS) is 15.6. The lowest BCUT2D eigenvalue weighted by molar-refractivity contribution is 0.00691. The van der Waals surface area contributed by atoms with Crippen LogP contribution in [-0.2, 0) is 4.74 Å². The second-order valence-corrected chi connectivity index (χ2v) is 7.54. The van der Waals surface area contributed by atoms with Crippen LogP contribution in [0, 0.1) is 0 Å². The zero-order chi connectivity index (χ0) is 18.1. The zero-order valence-electron chi connectivity index (χ0n) is 15.1. The molecular formula is C20H29BrN2O2. The van der Waals surface area contributed by atoms with E-state index < -0.39 is 0 Å². The van der Waals surface area contributed by atoms with E-state index >= 15 is 0 Å². The van der Waals surface area contributed by atoms with Gasteiger partial charge in [-0.3, -0.25) is 4.79 Å². The predicted molar refractivity (Wildman–Crippen MR) is 106 cm³/mol. The molecule has 1 amide bonds. The average molecular weight is 409 g/mol. The minimum atomic E-state index is 0.121. The van der Waals surface area contributed by atoms with E-state index in [1.807, 2.05) is 35.2 Å². The summed E-state index contributed by atoms with van der Waals surface area (Å²) in [5, 5.41) is 0. The van der Waals surface area contributed by atoms with Crippen molar-refractivity contribution in [3.63, 3.8) is 0 Å². The van der Waals surface area contributed by atoms with E-state index in [0.29, 0.717) is 6.10 Å². The number of unbranched alkanes of at least 4 members (excludes halogenated alkanes) is 1. The van der Waals surface area contributed by atoms with Crippen LogP contribution in [0.3, 0.4) is 0 Å². The molecular weight excluding hydrogens is 380 g/mol. The Kier molecular flexibility index (Phi) is 8.65. The van der Waals surface area contributed by atoms with Gasteiger partial charge in [0, 0.05) is 36.3 Å². The first kappa shape index (κ1) is 20.1. The van der Waals surface area contributed by atoms with E-state index in [0.717, 1.165) is 68.5 Å². The van der Waals surface area contributed by atoms with Crippen molar-refractivity contribution in [2.75, 3.05) is 39.8 Å². The van der Waals surface area contributed by atoms with Crippen LogP contribution in [0.1, 0.15) is 36.0 Å². The summed E-state index contributed by atoms with van der Waals surface area (Å²) in [5.41, 5.74) is 0.756. The highest BCUT2D eigenvalue weighted by molar-refractivity contribution is 9.10. The summed E-state index contributed by atoms with van der Waals surface area (Å²) in [6, 6.07) is 7.57. The lowest BCUT2D eigenvalue weighted by atomic mass is 10.1. The third-order valence-corrected chi connectivity index (χ3v) is 5.08. The van der Waals surface area contributed by atoms with Crippen LogP contribution in [-0.4, -0.2) is 61.6 Å². The van der Waals surface area contributed by atoms with Crippen LogP contribution < -0.4 is 0 Å². The van der Waals surface area contributed by atoms with Gasteiger partial charge in [0.1, 0.15) is 0 Å². The van der Waals surface area contributed by atoms with Crippen LogP contribution in [0.4, 0.5) is 0 Å². The Hall–Kier alpha value is -1.17. The van der Waals surface area contributed by atoms with Gasteiger partial charge < -0.3 is 14.5 Å². The Morgan fingerprint density at radius 2 is 2.00 bits per heavy atom. The minimum Gasteiger partial charge on any atom is -0.378 e. The molecule has 2 rings (SSSR count). The summed E-state index contributed by atoms with van der Waals surface area (Å²) >= 11 is 3.40. The van der Waals surface area contributed by atoms with Gasteiger partial charge in [-0.05, 0) is 63.5 Å². The molecule has 0 spiro atoms. The maximum atomic E-state index is 12.5. The number of likely N-dealkylation sites (N-methyl/N-ethyl adjacent to an activating group) is 1. The number of hydrogen-bond acceptors (Lipinski definition) is 3. The number of hydrogen-bond donors (Lipinski definition) is 0. The van der Waals surface area contributed by atoms with Gasteiger partial charge in [-0.1, -0.05) is 22.0 Å². The topological polar surface area (TPSA) is 32.8 Å². The predicted octanol–water partition coefficient (Wildman–Crippen LogP) is 3.97. The highest BCUT2D eigenvalue weighted by Gasteiger charge is 2.23. The molecule has 138 valence electrons. The van der Waals surface area contributed by atoms with Gasteiger partial charge in [0.15, 0.2) is 0 Å². The fraction of sp³-hybridized carbons (Fsp3) is 0.550. The van der Waals surface area contributed by atoms with E-state index in [4.69, 9.17) is 4.74 Å². The Labute approximate surface area is 160 Å². The Morgan fingerprint density at radius 3 is 2.64 bits per heavy atom. The van der Waals surface area contributed by atoms with Crippen molar-refractivity contribution in [3.05, 3.63) is 47.0 Å².